The van der Waals surface area contributed by atoms with Crippen molar-refractivity contribution in [1.29, 1.82) is 0 Å². The molecule has 2 aromatic carbocycles. The topological polar surface area (TPSA) is 114 Å². The van der Waals surface area contributed by atoms with E-state index in [1.165, 1.54) is 6.42 Å². The van der Waals surface area contributed by atoms with Gasteiger partial charge in [0.1, 0.15) is 12.1 Å². The number of hydrogen-bond donors (Lipinski definition) is 4. The van der Waals surface area contributed by atoms with Gasteiger partial charge < -0.3 is 25.7 Å². The van der Waals surface area contributed by atoms with Gasteiger partial charge in [0.05, 0.1) is 19.3 Å². The van der Waals surface area contributed by atoms with E-state index in [-0.39, 0.29) is 24.5 Å². The first-order valence-electron chi connectivity index (χ1n) is 16.6. The predicted molar refractivity (Wildman–Crippen MR) is 175 cm³/mol. The van der Waals surface area contributed by atoms with Crippen LogP contribution in [0.1, 0.15) is 62.9 Å². The maximum absolute atomic E-state index is 14.0. The summed E-state index contributed by atoms with van der Waals surface area (Å²) in [5.74, 6) is 0.734. The summed E-state index contributed by atoms with van der Waals surface area (Å²) in [6.07, 6.45) is 1.53. The lowest BCUT2D eigenvalue weighted by Gasteiger charge is -2.62. The molecule has 6 rings (SSSR count). The van der Waals surface area contributed by atoms with Gasteiger partial charge in [-0.15, -0.1) is 0 Å². The molecular formula is C36H52N4O5. The molecule has 4 N–H and O–H groups in total. The van der Waals surface area contributed by atoms with Crippen LogP contribution in [0.5, 0.6) is 0 Å². The Bertz CT molecular complexity index is 1350. The van der Waals surface area contributed by atoms with Crippen LogP contribution in [-0.4, -0.2) is 90.1 Å². The number of carbonyl (C=O) groups is 2. The third kappa shape index (κ3) is 7.13. The Morgan fingerprint density at radius 2 is 1.82 bits per heavy atom. The summed E-state index contributed by atoms with van der Waals surface area (Å²) in [5.41, 5.74) is 3.69. The van der Waals surface area contributed by atoms with Crippen molar-refractivity contribution in [3.05, 3.63) is 59.7 Å². The highest BCUT2D eigenvalue weighted by molar-refractivity contribution is 5.95. The normalized spacial score (nSPS) is 29.7. The summed E-state index contributed by atoms with van der Waals surface area (Å²) in [4.78, 5) is 35.0. The molecule has 3 saturated carbocycles. The van der Waals surface area contributed by atoms with E-state index in [9.17, 15) is 19.8 Å². The van der Waals surface area contributed by atoms with Gasteiger partial charge in [0.25, 0.3) is 5.91 Å². The van der Waals surface area contributed by atoms with Gasteiger partial charge in [-0.1, -0.05) is 51.1 Å². The Kier molecular flexibility index (Phi) is 10.4. The smallest absolute Gasteiger partial charge is 0.251 e. The third-order valence-electron chi connectivity index (χ3n) is 10.9. The average molecular weight is 621 g/mol. The van der Waals surface area contributed by atoms with Crippen LogP contribution in [0.2, 0.25) is 0 Å². The van der Waals surface area contributed by atoms with Crippen LogP contribution in [0.4, 0.5) is 0 Å². The Morgan fingerprint density at radius 1 is 1.11 bits per heavy atom. The summed E-state index contributed by atoms with van der Waals surface area (Å²) in [5, 5.41) is 28.9. The van der Waals surface area contributed by atoms with E-state index in [1.807, 2.05) is 62.6 Å². The average Bonchev–Trinajstić information content (AvgIpc) is 3.38. The SMILES string of the molecule is C[C@@H]1[C@@H](NC(=O)[C@@H]2[C@H]([C@H](C)O)[C@H](CO)ON2Cc2cccc(-c3cccc(C(=O)NCCCN(C)C)c3)c2)C[C@H]2C[C@@H]1C2(C)C. The van der Waals surface area contributed by atoms with Crippen molar-refractivity contribution in [2.75, 3.05) is 33.8 Å². The zero-order valence-electron chi connectivity index (χ0n) is 27.7. The van der Waals surface area contributed by atoms with Gasteiger partial charge in [0, 0.05) is 24.1 Å². The molecule has 246 valence electrons. The fraction of sp³-hybridized carbons (Fsp3) is 0.611. The number of aliphatic hydroxyl groups excluding tert-OH is 2. The van der Waals surface area contributed by atoms with Crippen LogP contribution >= 0.6 is 0 Å². The van der Waals surface area contributed by atoms with Crippen molar-refractivity contribution >= 4 is 11.8 Å². The van der Waals surface area contributed by atoms with E-state index in [1.54, 1.807) is 12.0 Å². The number of hydrogen-bond acceptors (Lipinski definition) is 7. The Hall–Kier alpha value is -2.82. The number of rotatable bonds is 12. The number of benzene rings is 2. The lowest BCUT2D eigenvalue weighted by molar-refractivity contribution is -0.183. The molecule has 4 aliphatic rings. The first-order chi connectivity index (χ1) is 21.4. The molecule has 1 aliphatic heterocycles. The van der Waals surface area contributed by atoms with Crippen LogP contribution < -0.4 is 10.6 Å². The summed E-state index contributed by atoms with van der Waals surface area (Å²) in [6.45, 7) is 10.1. The molecule has 0 unspecified atom stereocenters. The Balaban J connectivity index is 1.30. The maximum atomic E-state index is 14.0. The first kappa shape index (κ1) is 33.5. The zero-order valence-corrected chi connectivity index (χ0v) is 27.7. The second kappa shape index (κ2) is 13.9. The second-order valence-corrected chi connectivity index (χ2v) is 14.4. The van der Waals surface area contributed by atoms with E-state index in [2.05, 4.69) is 36.3 Å². The minimum atomic E-state index is -0.845. The quantitative estimate of drug-likeness (QED) is 0.268. The third-order valence-corrected chi connectivity index (χ3v) is 10.9. The van der Waals surface area contributed by atoms with E-state index in [0.717, 1.165) is 36.1 Å². The predicted octanol–water partition coefficient (Wildman–Crippen LogP) is 3.70. The molecule has 1 heterocycles. The van der Waals surface area contributed by atoms with Gasteiger partial charge in [-0.2, -0.15) is 5.06 Å². The molecule has 45 heavy (non-hydrogen) atoms. The van der Waals surface area contributed by atoms with Crippen molar-refractivity contribution < 1.29 is 24.6 Å². The van der Waals surface area contributed by atoms with Crippen molar-refractivity contribution in [3.8, 4) is 11.1 Å². The molecule has 2 bridgehead atoms. The van der Waals surface area contributed by atoms with Gasteiger partial charge in [-0.25, -0.2) is 0 Å². The number of fused-ring (bicyclic) bond motifs is 2. The van der Waals surface area contributed by atoms with Crippen LogP contribution in [0.25, 0.3) is 11.1 Å². The molecular weight excluding hydrogens is 568 g/mol. The van der Waals surface area contributed by atoms with E-state index < -0.39 is 24.2 Å². The van der Waals surface area contributed by atoms with Crippen LogP contribution in [0, 0.1) is 29.1 Å². The highest BCUT2D eigenvalue weighted by Gasteiger charge is 2.57. The number of amides is 2. The Labute approximate surface area is 268 Å². The molecule has 3 aliphatic carbocycles. The molecule has 2 amide bonds. The zero-order chi connectivity index (χ0) is 32.5. The molecule has 4 fully saturated rings. The molecule has 1 saturated heterocycles. The fourth-order valence-corrected chi connectivity index (χ4v) is 8.05. The highest BCUT2D eigenvalue weighted by Crippen LogP contribution is 2.61. The lowest BCUT2D eigenvalue weighted by Crippen LogP contribution is -2.62. The highest BCUT2D eigenvalue weighted by atomic mass is 16.7. The monoisotopic (exact) mass is 620 g/mol. The second-order valence-electron chi connectivity index (χ2n) is 14.4. The van der Waals surface area contributed by atoms with Gasteiger partial charge in [0.2, 0.25) is 5.91 Å². The molecule has 0 radical (unpaired) electrons. The van der Waals surface area contributed by atoms with Crippen molar-refractivity contribution in [2.24, 2.45) is 29.1 Å². The minimum absolute atomic E-state index is 0.0831. The summed E-state index contributed by atoms with van der Waals surface area (Å²) in [6, 6.07) is 14.9. The maximum Gasteiger partial charge on any atom is 0.251 e. The van der Waals surface area contributed by atoms with Crippen LogP contribution in [0.15, 0.2) is 48.5 Å². The van der Waals surface area contributed by atoms with Gasteiger partial charge in [-0.3, -0.25) is 14.4 Å². The molecule has 2 aromatic rings. The van der Waals surface area contributed by atoms with E-state index >= 15 is 0 Å². The van der Waals surface area contributed by atoms with Gasteiger partial charge in [0.15, 0.2) is 0 Å². The van der Waals surface area contributed by atoms with Crippen LogP contribution in [-0.2, 0) is 16.2 Å². The van der Waals surface area contributed by atoms with Gasteiger partial charge >= 0.3 is 0 Å². The number of nitrogens with one attached hydrogen (secondary N) is 2. The molecule has 0 spiro atoms. The molecule has 8 atom stereocenters. The first-order valence-corrected chi connectivity index (χ1v) is 16.6. The summed E-state index contributed by atoms with van der Waals surface area (Å²) >= 11 is 0. The molecule has 9 nitrogen and oxygen atoms in total. The largest absolute Gasteiger partial charge is 0.394 e. The fourth-order valence-electron chi connectivity index (χ4n) is 8.05. The molecule has 9 heteroatoms. The lowest BCUT2D eigenvalue weighted by atomic mass is 9.45. The minimum Gasteiger partial charge on any atom is -0.394 e. The van der Waals surface area contributed by atoms with Crippen molar-refractivity contribution in [2.45, 2.75) is 77.8 Å². The molecule has 0 aromatic heterocycles. The van der Waals surface area contributed by atoms with Crippen molar-refractivity contribution in [1.82, 2.24) is 20.6 Å². The van der Waals surface area contributed by atoms with Gasteiger partial charge in [-0.05, 0) is 105 Å². The number of hydroxylamine groups is 2. The van der Waals surface area contributed by atoms with E-state index in [0.29, 0.717) is 41.8 Å². The number of aliphatic hydroxyl groups is 2. The van der Waals surface area contributed by atoms with Crippen molar-refractivity contribution in [3.63, 3.8) is 0 Å². The Morgan fingerprint density at radius 3 is 2.47 bits per heavy atom. The standard InChI is InChI=1S/C36H52N4O5/c1-22-29-18-28(36(29,3)4)19-30(22)38-35(44)33-32(23(2)42)31(21-41)45-40(33)20-24-10-7-11-25(16-24)26-12-8-13-27(17-26)34(43)37-14-9-15-39(5)6/h7-8,10-13,16-17,22-23,28-33,41-42H,9,14-15,18-21H2,1-6H3,(H,37,43)(H,38,44)/t22-,23-,28+,29-,30-,31-,32+,33-/m0/s1. The summed E-state index contributed by atoms with van der Waals surface area (Å²) < 4.78 is 0. The van der Waals surface area contributed by atoms with Crippen LogP contribution in [0.3, 0.4) is 0 Å². The number of nitrogens with zero attached hydrogens (tertiary/aromatic N) is 2. The summed E-state index contributed by atoms with van der Waals surface area (Å²) in [7, 11) is 4.03. The van der Waals surface area contributed by atoms with E-state index in [4.69, 9.17) is 4.84 Å². The number of carbonyl (C=O) groups excluding carboxylic acids is 2.